The van der Waals surface area contributed by atoms with E-state index in [-0.39, 0.29) is 12.6 Å². The Labute approximate surface area is 115 Å². The topological polar surface area (TPSA) is 50.9 Å². The zero-order valence-electron chi connectivity index (χ0n) is 10.1. The van der Waals surface area contributed by atoms with Gasteiger partial charge in [-0.3, -0.25) is 0 Å². The molecule has 0 radical (unpaired) electrons. The summed E-state index contributed by atoms with van der Waals surface area (Å²) in [4.78, 5) is 0. The maximum absolute atomic E-state index is 9.26. The normalized spacial score (nSPS) is 11.2. The fourth-order valence-corrected chi connectivity index (χ4v) is 2.38. The van der Waals surface area contributed by atoms with Gasteiger partial charge in [0.2, 0.25) is 0 Å². The van der Waals surface area contributed by atoms with Gasteiger partial charge in [0.05, 0.1) is 0 Å². The van der Waals surface area contributed by atoms with E-state index in [9.17, 15) is 5.11 Å². The van der Waals surface area contributed by atoms with Crippen LogP contribution >= 0.6 is 23.2 Å². The first-order valence-electron chi connectivity index (χ1n) is 5.54. The van der Waals surface area contributed by atoms with Gasteiger partial charge in [-0.05, 0) is 32.0 Å². The van der Waals surface area contributed by atoms with E-state index in [1.807, 2.05) is 18.4 Å². The molecule has 6 heteroatoms. The molecule has 0 saturated heterocycles. The number of aliphatic hydroxyl groups is 1. The molecule has 0 amide bonds. The van der Waals surface area contributed by atoms with Crippen LogP contribution in [0.4, 0.5) is 0 Å². The second-order valence-corrected chi connectivity index (χ2v) is 5.09. The van der Waals surface area contributed by atoms with E-state index >= 15 is 0 Å². The van der Waals surface area contributed by atoms with Gasteiger partial charge >= 0.3 is 0 Å². The number of aromatic nitrogens is 3. The highest BCUT2D eigenvalue weighted by atomic mass is 35.5. The van der Waals surface area contributed by atoms with Crippen LogP contribution in [-0.2, 0) is 6.61 Å². The maximum atomic E-state index is 9.26. The standard InChI is InChI=1S/C12H13Cl2N3O/c1-7(2)17-11(6-18)15-16-12(17)8-3-9(13)5-10(14)4-8/h3-5,7,18H,6H2,1-2H3. The molecule has 0 atom stereocenters. The monoisotopic (exact) mass is 285 g/mol. The summed E-state index contributed by atoms with van der Waals surface area (Å²) < 4.78 is 1.86. The number of hydrogen-bond donors (Lipinski definition) is 1. The zero-order chi connectivity index (χ0) is 13.3. The Hall–Kier alpha value is -1.10. The van der Waals surface area contributed by atoms with Gasteiger partial charge in [-0.1, -0.05) is 23.2 Å². The molecule has 0 fully saturated rings. The Bertz CT molecular complexity index is 546. The molecule has 0 spiro atoms. The van der Waals surface area contributed by atoms with Crippen LogP contribution in [0.15, 0.2) is 18.2 Å². The van der Waals surface area contributed by atoms with E-state index in [1.54, 1.807) is 18.2 Å². The zero-order valence-corrected chi connectivity index (χ0v) is 11.6. The van der Waals surface area contributed by atoms with Gasteiger partial charge in [-0.15, -0.1) is 10.2 Å². The van der Waals surface area contributed by atoms with Gasteiger partial charge in [0, 0.05) is 21.7 Å². The lowest BCUT2D eigenvalue weighted by Gasteiger charge is -2.13. The van der Waals surface area contributed by atoms with Crippen molar-refractivity contribution in [2.45, 2.75) is 26.5 Å². The molecule has 1 aromatic carbocycles. The summed E-state index contributed by atoms with van der Waals surface area (Å²) in [5.41, 5.74) is 0.786. The first-order valence-corrected chi connectivity index (χ1v) is 6.29. The minimum atomic E-state index is -0.153. The summed E-state index contributed by atoms with van der Waals surface area (Å²) in [6, 6.07) is 5.35. The number of hydrogen-bond acceptors (Lipinski definition) is 3. The number of aliphatic hydroxyl groups excluding tert-OH is 1. The molecule has 0 aliphatic rings. The molecular formula is C12H13Cl2N3O. The average Bonchev–Trinajstić information content (AvgIpc) is 2.71. The fourth-order valence-electron chi connectivity index (χ4n) is 1.85. The van der Waals surface area contributed by atoms with E-state index in [4.69, 9.17) is 23.2 Å². The lowest BCUT2D eigenvalue weighted by atomic mass is 10.2. The van der Waals surface area contributed by atoms with E-state index in [0.717, 1.165) is 5.56 Å². The van der Waals surface area contributed by atoms with Gasteiger partial charge in [0.25, 0.3) is 0 Å². The average molecular weight is 286 g/mol. The third kappa shape index (κ3) is 2.51. The van der Waals surface area contributed by atoms with Crippen molar-refractivity contribution in [1.82, 2.24) is 14.8 Å². The summed E-state index contributed by atoms with van der Waals surface area (Å²) in [5.74, 6) is 1.18. The molecule has 1 heterocycles. The van der Waals surface area contributed by atoms with Crippen molar-refractivity contribution in [2.75, 3.05) is 0 Å². The highest BCUT2D eigenvalue weighted by Gasteiger charge is 2.16. The quantitative estimate of drug-likeness (QED) is 0.941. The molecule has 0 unspecified atom stereocenters. The largest absolute Gasteiger partial charge is 0.388 e. The molecule has 0 aliphatic carbocycles. The number of rotatable bonds is 3. The Morgan fingerprint density at radius 2 is 1.78 bits per heavy atom. The highest BCUT2D eigenvalue weighted by molar-refractivity contribution is 6.35. The number of benzene rings is 1. The molecule has 96 valence electrons. The Morgan fingerprint density at radius 1 is 1.17 bits per heavy atom. The Morgan fingerprint density at radius 3 is 2.28 bits per heavy atom. The SMILES string of the molecule is CC(C)n1c(CO)nnc1-c1cc(Cl)cc(Cl)c1. The van der Waals surface area contributed by atoms with Crippen molar-refractivity contribution in [2.24, 2.45) is 0 Å². The van der Waals surface area contributed by atoms with Crippen molar-refractivity contribution in [3.05, 3.63) is 34.1 Å². The van der Waals surface area contributed by atoms with Gasteiger partial charge in [0.1, 0.15) is 6.61 Å². The molecule has 0 bridgehead atoms. The van der Waals surface area contributed by atoms with Crippen LogP contribution in [0, 0.1) is 0 Å². The summed E-state index contributed by atoms with van der Waals surface area (Å²) in [6.45, 7) is 3.84. The molecular weight excluding hydrogens is 273 g/mol. The van der Waals surface area contributed by atoms with Crippen LogP contribution in [0.1, 0.15) is 25.7 Å². The lowest BCUT2D eigenvalue weighted by Crippen LogP contribution is -2.08. The number of nitrogens with zero attached hydrogens (tertiary/aromatic N) is 3. The molecule has 4 nitrogen and oxygen atoms in total. The van der Waals surface area contributed by atoms with Crippen LogP contribution in [0.5, 0.6) is 0 Å². The second kappa shape index (κ2) is 5.26. The summed E-state index contributed by atoms with van der Waals surface area (Å²) in [5, 5.41) is 18.4. The molecule has 0 aliphatic heterocycles. The maximum Gasteiger partial charge on any atom is 0.164 e. The molecule has 2 rings (SSSR count). The van der Waals surface area contributed by atoms with Crippen molar-refractivity contribution in [3.8, 4) is 11.4 Å². The van der Waals surface area contributed by atoms with Gasteiger partial charge in [-0.25, -0.2) is 0 Å². The van der Waals surface area contributed by atoms with Gasteiger partial charge < -0.3 is 9.67 Å². The van der Waals surface area contributed by atoms with Crippen molar-refractivity contribution < 1.29 is 5.11 Å². The minimum absolute atomic E-state index is 0.134. The molecule has 2 aromatic rings. The third-order valence-corrected chi connectivity index (χ3v) is 2.98. The van der Waals surface area contributed by atoms with Crippen molar-refractivity contribution in [3.63, 3.8) is 0 Å². The van der Waals surface area contributed by atoms with E-state index in [2.05, 4.69) is 10.2 Å². The molecule has 18 heavy (non-hydrogen) atoms. The second-order valence-electron chi connectivity index (χ2n) is 4.22. The lowest BCUT2D eigenvalue weighted by molar-refractivity contribution is 0.262. The predicted molar refractivity (Wildman–Crippen MR) is 71.8 cm³/mol. The van der Waals surface area contributed by atoms with Crippen LogP contribution in [0.3, 0.4) is 0 Å². The number of halogens is 2. The Balaban J connectivity index is 2.60. The Kier molecular flexibility index (Phi) is 3.90. The highest BCUT2D eigenvalue weighted by Crippen LogP contribution is 2.28. The van der Waals surface area contributed by atoms with Gasteiger partial charge in [0.15, 0.2) is 11.6 Å². The first kappa shape index (κ1) is 13.3. The van der Waals surface area contributed by atoms with Crippen LogP contribution < -0.4 is 0 Å². The van der Waals surface area contributed by atoms with Crippen molar-refractivity contribution >= 4 is 23.2 Å². The smallest absolute Gasteiger partial charge is 0.164 e. The molecule has 1 aromatic heterocycles. The predicted octanol–water partition coefficient (Wildman–Crippen LogP) is 3.33. The summed E-state index contributed by atoms with van der Waals surface area (Å²) in [6.07, 6.45) is 0. The summed E-state index contributed by atoms with van der Waals surface area (Å²) >= 11 is 12.0. The fraction of sp³-hybridized carbons (Fsp3) is 0.333. The van der Waals surface area contributed by atoms with E-state index in [0.29, 0.717) is 21.7 Å². The summed E-state index contributed by atoms with van der Waals surface area (Å²) in [7, 11) is 0. The van der Waals surface area contributed by atoms with Crippen LogP contribution in [0.2, 0.25) is 10.0 Å². The third-order valence-electron chi connectivity index (χ3n) is 2.54. The molecule has 0 saturated carbocycles. The van der Waals surface area contributed by atoms with E-state index < -0.39 is 0 Å². The van der Waals surface area contributed by atoms with Crippen LogP contribution in [-0.4, -0.2) is 19.9 Å². The first-order chi connectivity index (χ1) is 8.52. The van der Waals surface area contributed by atoms with Crippen molar-refractivity contribution in [1.29, 1.82) is 0 Å². The minimum Gasteiger partial charge on any atom is -0.388 e. The van der Waals surface area contributed by atoms with E-state index in [1.165, 1.54) is 0 Å². The molecule has 1 N–H and O–H groups in total. The van der Waals surface area contributed by atoms with Crippen LogP contribution in [0.25, 0.3) is 11.4 Å². The van der Waals surface area contributed by atoms with Gasteiger partial charge in [-0.2, -0.15) is 0 Å².